The molecule has 2 N–H and O–H groups in total. The molecule has 2 aliphatic heterocycles. The summed E-state index contributed by atoms with van der Waals surface area (Å²) in [6, 6.07) is 0. The Kier molecular flexibility index (Phi) is 4.85. The molecule has 2 atom stereocenters. The summed E-state index contributed by atoms with van der Waals surface area (Å²) in [5.41, 5.74) is 0. The van der Waals surface area contributed by atoms with Crippen molar-refractivity contribution in [2.75, 3.05) is 13.2 Å². The van der Waals surface area contributed by atoms with Crippen LogP contribution in [0.15, 0.2) is 0 Å². The number of aliphatic hydroxyl groups is 2. The zero-order chi connectivity index (χ0) is 14.0. The average Bonchev–Trinajstić information content (AvgIpc) is 2.69. The van der Waals surface area contributed by atoms with E-state index in [9.17, 15) is 4.79 Å². The van der Waals surface area contributed by atoms with Gasteiger partial charge in [0.1, 0.15) is 12.2 Å². The standard InChI is InChI=1S/C9H14O4.C3H8O2/c1-9(2)12-5-7(13-9)8-6(10)3-4-11-8;1-3(2,4)5/h7-8H,3-5H2,1-2H3;4-5H,1-2H3. The van der Waals surface area contributed by atoms with Crippen molar-refractivity contribution in [1.29, 1.82) is 0 Å². The molecule has 106 valence electrons. The van der Waals surface area contributed by atoms with E-state index in [1.807, 2.05) is 13.8 Å². The minimum Gasteiger partial charge on any atom is -0.367 e. The van der Waals surface area contributed by atoms with Crippen LogP contribution in [0.25, 0.3) is 0 Å². The van der Waals surface area contributed by atoms with E-state index in [0.29, 0.717) is 19.6 Å². The molecule has 2 fully saturated rings. The third-order valence-corrected chi connectivity index (χ3v) is 2.33. The van der Waals surface area contributed by atoms with Gasteiger partial charge >= 0.3 is 0 Å². The topological polar surface area (TPSA) is 85.2 Å². The Morgan fingerprint density at radius 2 is 1.89 bits per heavy atom. The van der Waals surface area contributed by atoms with E-state index in [-0.39, 0.29) is 11.9 Å². The summed E-state index contributed by atoms with van der Waals surface area (Å²) in [4.78, 5) is 11.3. The lowest BCUT2D eigenvalue weighted by Gasteiger charge is -2.19. The van der Waals surface area contributed by atoms with Crippen LogP contribution in [0.3, 0.4) is 0 Å². The fraction of sp³-hybridized carbons (Fsp3) is 0.917. The fourth-order valence-corrected chi connectivity index (χ4v) is 1.70. The van der Waals surface area contributed by atoms with Crippen LogP contribution >= 0.6 is 0 Å². The van der Waals surface area contributed by atoms with Crippen LogP contribution in [-0.2, 0) is 19.0 Å². The molecule has 2 saturated heterocycles. The smallest absolute Gasteiger partial charge is 0.166 e. The van der Waals surface area contributed by atoms with Gasteiger partial charge in [-0.3, -0.25) is 4.79 Å². The zero-order valence-corrected chi connectivity index (χ0v) is 11.3. The molecule has 6 nitrogen and oxygen atoms in total. The Labute approximate surface area is 107 Å². The molecule has 2 unspecified atom stereocenters. The largest absolute Gasteiger partial charge is 0.367 e. The van der Waals surface area contributed by atoms with E-state index < -0.39 is 17.7 Å². The molecule has 0 amide bonds. The number of carbonyl (C=O) groups is 1. The Morgan fingerprint density at radius 1 is 1.33 bits per heavy atom. The number of ketones is 1. The van der Waals surface area contributed by atoms with E-state index in [1.54, 1.807) is 0 Å². The average molecular weight is 262 g/mol. The molecule has 0 aromatic rings. The molecule has 2 heterocycles. The summed E-state index contributed by atoms with van der Waals surface area (Å²) in [7, 11) is 0. The second kappa shape index (κ2) is 5.63. The number of hydrogen-bond acceptors (Lipinski definition) is 6. The normalized spacial score (nSPS) is 31.1. The van der Waals surface area contributed by atoms with Gasteiger partial charge in [-0.25, -0.2) is 0 Å². The summed E-state index contributed by atoms with van der Waals surface area (Å²) in [6.45, 7) is 7.24. The van der Waals surface area contributed by atoms with Gasteiger partial charge in [0.2, 0.25) is 0 Å². The Balaban J connectivity index is 0.000000280. The van der Waals surface area contributed by atoms with Crippen LogP contribution in [0.2, 0.25) is 0 Å². The molecule has 6 heteroatoms. The van der Waals surface area contributed by atoms with Crippen LogP contribution in [-0.4, -0.2) is 53.0 Å². The van der Waals surface area contributed by atoms with Crippen LogP contribution < -0.4 is 0 Å². The molecule has 0 aromatic carbocycles. The lowest BCUT2D eigenvalue weighted by molar-refractivity contribution is -0.156. The van der Waals surface area contributed by atoms with Gasteiger partial charge < -0.3 is 24.4 Å². The highest BCUT2D eigenvalue weighted by molar-refractivity contribution is 5.85. The van der Waals surface area contributed by atoms with E-state index in [2.05, 4.69) is 0 Å². The van der Waals surface area contributed by atoms with Gasteiger partial charge in [-0.15, -0.1) is 0 Å². The maximum Gasteiger partial charge on any atom is 0.166 e. The van der Waals surface area contributed by atoms with E-state index >= 15 is 0 Å². The number of Topliss-reactive ketones (excluding diaryl/α,β-unsaturated/α-hetero) is 1. The molecule has 0 aromatic heterocycles. The maximum absolute atomic E-state index is 11.3. The highest BCUT2D eigenvalue weighted by atomic mass is 16.7. The first-order valence-electron chi connectivity index (χ1n) is 5.99. The van der Waals surface area contributed by atoms with Crippen LogP contribution in [0.5, 0.6) is 0 Å². The SMILES string of the molecule is CC(C)(O)O.CC1(C)OCC(C2OCCC2=O)O1. The Hall–Kier alpha value is -0.530. The van der Waals surface area contributed by atoms with Gasteiger partial charge in [0, 0.05) is 6.42 Å². The van der Waals surface area contributed by atoms with Crippen molar-refractivity contribution in [2.45, 2.75) is 57.9 Å². The van der Waals surface area contributed by atoms with E-state index in [0.717, 1.165) is 0 Å². The maximum atomic E-state index is 11.3. The molecule has 0 bridgehead atoms. The highest BCUT2D eigenvalue weighted by Crippen LogP contribution is 2.27. The number of carbonyl (C=O) groups excluding carboxylic acids is 1. The van der Waals surface area contributed by atoms with E-state index in [1.165, 1.54) is 13.8 Å². The fourth-order valence-electron chi connectivity index (χ4n) is 1.70. The molecule has 0 radical (unpaired) electrons. The van der Waals surface area contributed by atoms with Gasteiger partial charge in [0.25, 0.3) is 0 Å². The van der Waals surface area contributed by atoms with Gasteiger partial charge in [-0.1, -0.05) is 0 Å². The monoisotopic (exact) mass is 262 g/mol. The summed E-state index contributed by atoms with van der Waals surface area (Å²) in [5.74, 6) is -1.94. The second-order valence-electron chi connectivity index (χ2n) is 5.37. The van der Waals surface area contributed by atoms with Crippen LogP contribution in [0.1, 0.15) is 34.1 Å². The van der Waals surface area contributed by atoms with Crippen LogP contribution in [0.4, 0.5) is 0 Å². The zero-order valence-electron chi connectivity index (χ0n) is 11.3. The minimum absolute atomic E-state index is 0.131. The van der Waals surface area contributed by atoms with Crippen molar-refractivity contribution in [3.63, 3.8) is 0 Å². The summed E-state index contributed by atoms with van der Waals surface area (Å²) in [6.07, 6.45) is -0.114. The first kappa shape index (κ1) is 15.5. The first-order chi connectivity index (χ1) is 8.08. The Bertz CT molecular complexity index is 287. The Morgan fingerprint density at radius 3 is 2.22 bits per heavy atom. The number of rotatable bonds is 1. The highest BCUT2D eigenvalue weighted by Gasteiger charge is 2.42. The molecule has 2 aliphatic rings. The minimum atomic E-state index is -1.50. The third-order valence-electron chi connectivity index (χ3n) is 2.33. The van der Waals surface area contributed by atoms with Crippen molar-refractivity contribution in [2.24, 2.45) is 0 Å². The van der Waals surface area contributed by atoms with Gasteiger partial charge in [0.05, 0.1) is 13.2 Å². The molecule has 0 saturated carbocycles. The van der Waals surface area contributed by atoms with Crippen molar-refractivity contribution in [1.82, 2.24) is 0 Å². The molecular formula is C12H22O6. The van der Waals surface area contributed by atoms with Crippen LogP contribution in [0, 0.1) is 0 Å². The molecular weight excluding hydrogens is 240 g/mol. The summed E-state index contributed by atoms with van der Waals surface area (Å²) < 4.78 is 16.2. The quantitative estimate of drug-likeness (QED) is 0.657. The predicted octanol–water partition coefficient (Wildman–Crippen LogP) is 0.203. The van der Waals surface area contributed by atoms with Crippen molar-refractivity contribution >= 4 is 5.78 Å². The van der Waals surface area contributed by atoms with Gasteiger partial charge in [-0.05, 0) is 27.7 Å². The lowest BCUT2D eigenvalue weighted by Crippen LogP contribution is -2.34. The summed E-state index contributed by atoms with van der Waals surface area (Å²) in [5, 5.41) is 16.2. The van der Waals surface area contributed by atoms with Gasteiger partial charge in [0.15, 0.2) is 17.4 Å². The molecule has 0 aliphatic carbocycles. The van der Waals surface area contributed by atoms with Crippen molar-refractivity contribution < 1.29 is 29.2 Å². The number of hydrogen-bond donors (Lipinski definition) is 2. The third kappa shape index (κ3) is 5.41. The van der Waals surface area contributed by atoms with Crippen molar-refractivity contribution in [3.8, 4) is 0 Å². The first-order valence-corrected chi connectivity index (χ1v) is 5.99. The summed E-state index contributed by atoms with van der Waals surface area (Å²) >= 11 is 0. The molecule has 18 heavy (non-hydrogen) atoms. The molecule has 0 spiro atoms. The van der Waals surface area contributed by atoms with Crippen molar-refractivity contribution in [3.05, 3.63) is 0 Å². The second-order valence-corrected chi connectivity index (χ2v) is 5.37. The number of ether oxygens (including phenoxy) is 3. The molecule has 2 rings (SSSR count). The van der Waals surface area contributed by atoms with Gasteiger partial charge in [-0.2, -0.15) is 0 Å². The van der Waals surface area contributed by atoms with E-state index in [4.69, 9.17) is 24.4 Å². The predicted molar refractivity (Wildman–Crippen MR) is 62.8 cm³/mol. The lowest BCUT2D eigenvalue weighted by atomic mass is 10.1.